The van der Waals surface area contributed by atoms with Crippen LogP contribution in [0.5, 0.6) is 5.75 Å². The van der Waals surface area contributed by atoms with Crippen LogP contribution in [0.15, 0.2) is 18.2 Å². The average Bonchev–Trinajstić information content (AvgIpc) is 2.31. The number of nitrogens with one attached hydrogen (secondary N) is 2. The van der Waals surface area contributed by atoms with E-state index in [1.54, 1.807) is 12.1 Å². The molecule has 2 rings (SSSR count). The number of ether oxygens (including phenoxy) is 1. The Morgan fingerprint density at radius 2 is 2.27 bits per heavy atom. The Kier molecular flexibility index (Phi) is 3.18. The van der Waals surface area contributed by atoms with Gasteiger partial charge in [0.2, 0.25) is 0 Å². The van der Waals surface area contributed by atoms with Crippen LogP contribution in [0, 0.1) is 5.82 Å². The molecule has 0 aromatic heterocycles. The largest absolute Gasteiger partial charge is 0.494 e. The van der Waals surface area contributed by atoms with Crippen LogP contribution in [0.25, 0.3) is 0 Å². The first-order chi connectivity index (χ1) is 7.31. The van der Waals surface area contributed by atoms with Crippen LogP contribution in [0.1, 0.15) is 11.6 Å². The lowest BCUT2D eigenvalue weighted by molar-refractivity contribution is 0.382. The number of halogens is 1. The maximum absolute atomic E-state index is 13.2. The molecule has 0 bridgehead atoms. The van der Waals surface area contributed by atoms with Crippen molar-refractivity contribution in [2.75, 3.05) is 26.7 Å². The molecule has 0 radical (unpaired) electrons. The average molecular weight is 210 g/mol. The van der Waals surface area contributed by atoms with Gasteiger partial charge in [-0.3, -0.25) is 0 Å². The van der Waals surface area contributed by atoms with Crippen LogP contribution in [-0.2, 0) is 0 Å². The van der Waals surface area contributed by atoms with E-state index in [1.807, 2.05) is 0 Å². The number of hydrogen-bond acceptors (Lipinski definition) is 3. The van der Waals surface area contributed by atoms with E-state index in [2.05, 4.69) is 10.6 Å². The molecule has 1 aliphatic heterocycles. The summed E-state index contributed by atoms with van der Waals surface area (Å²) in [6, 6.07) is 5.24. The zero-order chi connectivity index (χ0) is 10.7. The molecule has 1 heterocycles. The summed E-state index contributed by atoms with van der Waals surface area (Å²) in [5.74, 6) is -0.00936. The van der Waals surface area contributed by atoms with Crippen molar-refractivity contribution in [2.24, 2.45) is 0 Å². The zero-order valence-corrected chi connectivity index (χ0v) is 8.72. The Labute approximate surface area is 88.6 Å². The van der Waals surface area contributed by atoms with Gasteiger partial charge in [0.05, 0.1) is 7.11 Å². The number of piperazine rings is 1. The quantitative estimate of drug-likeness (QED) is 0.766. The van der Waals surface area contributed by atoms with Crippen LogP contribution in [0.4, 0.5) is 4.39 Å². The molecule has 82 valence electrons. The highest BCUT2D eigenvalue weighted by molar-refractivity contribution is 5.32. The molecule has 1 aromatic carbocycles. The summed E-state index contributed by atoms with van der Waals surface area (Å²) in [4.78, 5) is 0. The topological polar surface area (TPSA) is 33.3 Å². The molecule has 1 saturated heterocycles. The molecular weight excluding hydrogens is 195 g/mol. The lowest BCUT2D eigenvalue weighted by atomic mass is 10.1. The maximum atomic E-state index is 13.2. The summed E-state index contributed by atoms with van der Waals surface area (Å²) in [5.41, 5.74) is 1.06. The van der Waals surface area contributed by atoms with E-state index in [0.717, 1.165) is 25.2 Å². The van der Waals surface area contributed by atoms with Crippen molar-refractivity contribution in [3.05, 3.63) is 29.6 Å². The molecule has 0 unspecified atom stereocenters. The van der Waals surface area contributed by atoms with Crippen molar-refractivity contribution in [3.8, 4) is 5.75 Å². The van der Waals surface area contributed by atoms with Gasteiger partial charge in [0.1, 0.15) is 0 Å². The molecule has 0 amide bonds. The van der Waals surface area contributed by atoms with Gasteiger partial charge in [-0.05, 0) is 17.7 Å². The van der Waals surface area contributed by atoms with E-state index in [-0.39, 0.29) is 11.9 Å². The molecule has 0 aliphatic carbocycles. The molecule has 15 heavy (non-hydrogen) atoms. The second kappa shape index (κ2) is 4.59. The van der Waals surface area contributed by atoms with Crippen molar-refractivity contribution < 1.29 is 9.13 Å². The third-order valence-electron chi connectivity index (χ3n) is 2.62. The Bertz CT molecular complexity index is 337. The van der Waals surface area contributed by atoms with Crippen LogP contribution >= 0.6 is 0 Å². The maximum Gasteiger partial charge on any atom is 0.165 e. The number of methoxy groups -OCH3 is 1. The van der Waals surface area contributed by atoms with Gasteiger partial charge in [-0.15, -0.1) is 0 Å². The van der Waals surface area contributed by atoms with Crippen LogP contribution in [0.3, 0.4) is 0 Å². The van der Waals surface area contributed by atoms with Crippen molar-refractivity contribution in [2.45, 2.75) is 6.04 Å². The van der Waals surface area contributed by atoms with E-state index in [1.165, 1.54) is 13.2 Å². The Morgan fingerprint density at radius 3 is 2.93 bits per heavy atom. The first-order valence-corrected chi connectivity index (χ1v) is 5.09. The van der Waals surface area contributed by atoms with E-state index in [0.29, 0.717) is 5.75 Å². The monoisotopic (exact) mass is 210 g/mol. The van der Waals surface area contributed by atoms with Gasteiger partial charge >= 0.3 is 0 Å². The molecule has 1 atom stereocenters. The predicted octanol–water partition coefficient (Wildman–Crippen LogP) is 1.07. The van der Waals surface area contributed by atoms with Crippen molar-refractivity contribution in [3.63, 3.8) is 0 Å². The number of hydrogen-bond donors (Lipinski definition) is 2. The standard InChI is InChI=1S/C11H15FN2O/c1-15-11-6-8(2-3-9(11)12)10-7-13-4-5-14-10/h2-3,6,10,13-14H,4-5,7H2,1H3/t10-/m1/s1. The van der Waals surface area contributed by atoms with Gasteiger partial charge in [0, 0.05) is 25.7 Å². The van der Waals surface area contributed by atoms with E-state index in [9.17, 15) is 4.39 Å². The van der Waals surface area contributed by atoms with Gasteiger partial charge in [-0.1, -0.05) is 6.07 Å². The van der Waals surface area contributed by atoms with Gasteiger partial charge in [0.15, 0.2) is 11.6 Å². The minimum absolute atomic E-state index is 0.244. The second-order valence-electron chi connectivity index (χ2n) is 3.60. The summed E-state index contributed by atoms with van der Waals surface area (Å²) >= 11 is 0. The predicted molar refractivity (Wildman–Crippen MR) is 56.6 cm³/mol. The lowest BCUT2D eigenvalue weighted by Gasteiger charge is -2.25. The molecular formula is C11H15FN2O. The first-order valence-electron chi connectivity index (χ1n) is 5.09. The molecule has 2 N–H and O–H groups in total. The SMILES string of the molecule is COc1cc([C@H]2CNCCN2)ccc1F. The molecule has 1 fully saturated rings. The van der Waals surface area contributed by atoms with E-state index >= 15 is 0 Å². The fourth-order valence-corrected chi connectivity index (χ4v) is 1.78. The van der Waals surface area contributed by atoms with Gasteiger partial charge in [0.25, 0.3) is 0 Å². The number of benzene rings is 1. The Morgan fingerprint density at radius 1 is 1.40 bits per heavy atom. The van der Waals surface area contributed by atoms with Gasteiger partial charge in [-0.2, -0.15) is 0 Å². The molecule has 1 aliphatic rings. The van der Waals surface area contributed by atoms with Crippen LogP contribution in [0.2, 0.25) is 0 Å². The third-order valence-corrected chi connectivity index (χ3v) is 2.62. The van der Waals surface area contributed by atoms with Crippen molar-refractivity contribution in [1.82, 2.24) is 10.6 Å². The third kappa shape index (κ3) is 2.27. The molecule has 4 heteroatoms. The minimum Gasteiger partial charge on any atom is -0.494 e. The smallest absolute Gasteiger partial charge is 0.165 e. The Balaban J connectivity index is 2.20. The molecule has 0 spiro atoms. The summed E-state index contributed by atoms with van der Waals surface area (Å²) in [6.45, 7) is 2.79. The highest BCUT2D eigenvalue weighted by Gasteiger charge is 2.15. The van der Waals surface area contributed by atoms with Crippen molar-refractivity contribution >= 4 is 0 Å². The summed E-state index contributed by atoms with van der Waals surface area (Å²) in [5, 5.41) is 6.65. The molecule has 1 aromatic rings. The fourth-order valence-electron chi connectivity index (χ4n) is 1.78. The summed E-state index contributed by atoms with van der Waals surface area (Å²) in [6.07, 6.45) is 0. The van der Waals surface area contributed by atoms with E-state index < -0.39 is 0 Å². The van der Waals surface area contributed by atoms with Gasteiger partial charge < -0.3 is 15.4 Å². The molecule has 0 saturated carbocycles. The summed E-state index contributed by atoms with van der Waals surface area (Å²) in [7, 11) is 1.48. The zero-order valence-electron chi connectivity index (χ0n) is 8.72. The number of rotatable bonds is 2. The van der Waals surface area contributed by atoms with Crippen molar-refractivity contribution in [1.29, 1.82) is 0 Å². The summed E-state index contributed by atoms with van der Waals surface area (Å²) < 4.78 is 18.1. The fraction of sp³-hybridized carbons (Fsp3) is 0.455. The highest BCUT2D eigenvalue weighted by atomic mass is 19.1. The lowest BCUT2D eigenvalue weighted by Crippen LogP contribution is -2.42. The van der Waals surface area contributed by atoms with E-state index in [4.69, 9.17) is 4.74 Å². The highest BCUT2D eigenvalue weighted by Crippen LogP contribution is 2.22. The first kappa shape index (κ1) is 10.4. The van der Waals surface area contributed by atoms with Gasteiger partial charge in [-0.25, -0.2) is 4.39 Å². The normalized spacial score (nSPS) is 21.3. The second-order valence-corrected chi connectivity index (χ2v) is 3.60. The minimum atomic E-state index is -0.315. The van der Waals surface area contributed by atoms with Crippen LogP contribution in [-0.4, -0.2) is 26.7 Å². The Hall–Kier alpha value is -1.13. The molecule has 3 nitrogen and oxygen atoms in total. The van der Waals surface area contributed by atoms with Crippen LogP contribution < -0.4 is 15.4 Å².